The van der Waals surface area contributed by atoms with Crippen molar-refractivity contribution < 1.29 is 9.59 Å². The Morgan fingerprint density at radius 2 is 1.37 bits per heavy atom. The van der Waals surface area contributed by atoms with Crippen LogP contribution in [0.4, 0.5) is 10.5 Å². The van der Waals surface area contributed by atoms with Crippen molar-refractivity contribution in [3.8, 4) is 0 Å². The van der Waals surface area contributed by atoms with E-state index in [0.29, 0.717) is 11.1 Å². The van der Waals surface area contributed by atoms with Gasteiger partial charge < -0.3 is 10.2 Å². The van der Waals surface area contributed by atoms with Gasteiger partial charge in [0.2, 0.25) is 0 Å². The summed E-state index contributed by atoms with van der Waals surface area (Å²) in [5.41, 5.74) is 1.89. The summed E-state index contributed by atoms with van der Waals surface area (Å²) >= 11 is 0. The van der Waals surface area contributed by atoms with Crippen molar-refractivity contribution in [2.45, 2.75) is 5.54 Å². The molecule has 0 unspecified atom stereocenters. The Morgan fingerprint density at radius 3 is 1.87 bits per heavy atom. The lowest BCUT2D eigenvalue weighted by Crippen LogP contribution is -2.44. The molecule has 1 aliphatic heterocycles. The molecule has 0 atom stereocenters. The van der Waals surface area contributed by atoms with E-state index in [4.69, 9.17) is 0 Å². The second-order valence-electron chi connectivity index (χ2n) is 7.26. The Morgan fingerprint density at radius 1 is 0.833 bits per heavy atom. The van der Waals surface area contributed by atoms with E-state index in [1.165, 1.54) is 6.21 Å². The SMILES string of the molecule is CN(C)c1ccc(/C=N\N2C(=O)NC(c3ccccc3)(c3ccccc3)C2=O)cc1. The van der Waals surface area contributed by atoms with Crippen molar-refractivity contribution in [2.24, 2.45) is 5.10 Å². The minimum atomic E-state index is -1.31. The predicted octanol–water partition coefficient (Wildman–Crippen LogP) is 3.58. The maximum atomic E-state index is 13.5. The average Bonchev–Trinajstić information content (AvgIpc) is 3.04. The van der Waals surface area contributed by atoms with Crippen molar-refractivity contribution in [1.29, 1.82) is 0 Å². The molecular weight excluding hydrogens is 376 g/mol. The van der Waals surface area contributed by atoms with E-state index in [1.807, 2.05) is 104 Å². The average molecular weight is 398 g/mol. The molecule has 1 N–H and O–H groups in total. The molecule has 0 aromatic heterocycles. The second kappa shape index (κ2) is 7.83. The topological polar surface area (TPSA) is 65.0 Å². The first-order chi connectivity index (χ1) is 14.5. The maximum absolute atomic E-state index is 13.5. The first kappa shape index (κ1) is 19.4. The van der Waals surface area contributed by atoms with Crippen LogP contribution in [-0.2, 0) is 10.3 Å². The van der Waals surface area contributed by atoms with E-state index in [9.17, 15) is 9.59 Å². The number of nitrogens with zero attached hydrogens (tertiary/aromatic N) is 3. The number of rotatable bonds is 5. The van der Waals surface area contributed by atoms with E-state index in [0.717, 1.165) is 16.3 Å². The van der Waals surface area contributed by atoms with Crippen LogP contribution in [0.15, 0.2) is 90.0 Å². The molecule has 6 nitrogen and oxygen atoms in total. The summed E-state index contributed by atoms with van der Waals surface area (Å²) in [7, 11) is 3.92. The number of hydrazone groups is 1. The first-order valence-corrected chi connectivity index (χ1v) is 9.61. The lowest BCUT2D eigenvalue weighted by molar-refractivity contribution is -0.130. The second-order valence-corrected chi connectivity index (χ2v) is 7.26. The lowest BCUT2D eigenvalue weighted by atomic mass is 9.83. The fourth-order valence-electron chi connectivity index (χ4n) is 3.54. The van der Waals surface area contributed by atoms with Crippen LogP contribution in [0.1, 0.15) is 16.7 Å². The van der Waals surface area contributed by atoms with Crippen LogP contribution in [0.2, 0.25) is 0 Å². The number of imide groups is 1. The van der Waals surface area contributed by atoms with Crippen molar-refractivity contribution >= 4 is 23.8 Å². The van der Waals surface area contributed by atoms with Crippen LogP contribution in [-0.4, -0.2) is 37.3 Å². The van der Waals surface area contributed by atoms with Gasteiger partial charge in [-0.15, -0.1) is 5.01 Å². The normalized spacial score (nSPS) is 15.5. The van der Waals surface area contributed by atoms with E-state index < -0.39 is 17.5 Å². The number of benzene rings is 3. The van der Waals surface area contributed by atoms with Crippen molar-refractivity contribution in [3.05, 3.63) is 102 Å². The summed E-state index contributed by atoms with van der Waals surface area (Å²) in [6.45, 7) is 0. The molecule has 0 saturated carbocycles. The molecule has 0 spiro atoms. The maximum Gasteiger partial charge on any atom is 0.346 e. The molecular formula is C24H22N4O2. The molecule has 0 aliphatic carbocycles. The van der Waals surface area contributed by atoms with Gasteiger partial charge in [-0.2, -0.15) is 5.10 Å². The number of hydrogen-bond donors (Lipinski definition) is 1. The van der Waals surface area contributed by atoms with Gasteiger partial charge in [0.15, 0.2) is 5.54 Å². The van der Waals surface area contributed by atoms with E-state index >= 15 is 0 Å². The molecule has 0 bridgehead atoms. The lowest BCUT2D eigenvalue weighted by Gasteiger charge is -2.27. The Hall–Kier alpha value is -3.93. The van der Waals surface area contributed by atoms with Crippen LogP contribution >= 0.6 is 0 Å². The highest BCUT2D eigenvalue weighted by Crippen LogP contribution is 2.36. The molecule has 150 valence electrons. The molecule has 1 saturated heterocycles. The summed E-state index contributed by atoms with van der Waals surface area (Å²) in [6, 6.07) is 25.6. The monoisotopic (exact) mass is 398 g/mol. The Kier molecular flexibility index (Phi) is 5.06. The summed E-state index contributed by atoms with van der Waals surface area (Å²) in [4.78, 5) is 28.3. The zero-order valence-electron chi connectivity index (χ0n) is 16.8. The quantitative estimate of drug-likeness (QED) is 0.528. The molecule has 1 fully saturated rings. The number of hydrogen-bond acceptors (Lipinski definition) is 4. The van der Waals surface area contributed by atoms with Crippen LogP contribution < -0.4 is 10.2 Å². The molecule has 30 heavy (non-hydrogen) atoms. The molecule has 3 aromatic rings. The molecule has 1 aliphatic rings. The van der Waals surface area contributed by atoms with Gasteiger partial charge in [0.25, 0.3) is 5.91 Å². The number of urea groups is 1. The number of nitrogens with one attached hydrogen (secondary N) is 1. The van der Waals surface area contributed by atoms with Crippen LogP contribution in [0, 0.1) is 0 Å². The number of carbonyl (C=O) groups is 2. The minimum absolute atomic E-state index is 0.439. The summed E-state index contributed by atoms with van der Waals surface area (Å²) in [5.74, 6) is -0.439. The third-order valence-corrected chi connectivity index (χ3v) is 5.15. The van der Waals surface area contributed by atoms with Gasteiger partial charge in [0.05, 0.1) is 6.21 Å². The smallest absolute Gasteiger partial charge is 0.346 e. The van der Waals surface area contributed by atoms with Crippen LogP contribution in [0.5, 0.6) is 0 Å². The first-order valence-electron chi connectivity index (χ1n) is 9.61. The van der Waals surface area contributed by atoms with E-state index in [2.05, 4.69) is 10.4 Å². The summed E-state index contributed by atoms with van der Waals surface area (Å²) in [6.07, 6.45) is 1.52. The molecule has 3 aromatic carbocycles. The zero-order valence-corrected chi connectivity index (χ0v) is 16.8. The summed E-state index contributed by atoms with van der Waals surface area (Å²) < 4.78 is 0. The van der Waals surface area contributed by atoms with Crippen molar-refractivity contribution in [2.75, 3.05) is 19.0 Å². The standard InChI is InChI=1S/C24H22N4O2/c1-27(2)21-15-13-18(14-16-21)17-25-28-22(29)24(26-23(28)30,19-9-5-3-6-10-19)20-11-7-4-8-12-20/h3-17H,1-2H3,(H,26,30)/b25-17-. The number of amides is 3. The number of carbonyl (C=O) groups excluding carboxylic acids is 2. The van der Waals surface area contributed by atoms with Gasteiger partial charge in [-0.1, -0.05) is 72.8 Å². The fourth-order valence-corrected chi connectivity index (χ4v) is 3.54. The molecule has 3 amide bonds. The highest BCUT2D eigenvalue weighted by Gasteiger charge is 2.54. The van der Waals surface area contributed by atoms with Gasteiger partial charge in [0.1, 0.15) is 0 Å². The van der Waals surface area contributed by atoms with Gasteiger partial charge in [0, 0.05) is 19.8 Å². The van der Waals surface area contributed by atoms with Crippen molar-refractivity contribution in [3.63, 3.8) is 0 Å². The van der Waals surface area contributed by atoms with Gasteiger partial charge in [-0.05, 0) is 28.8 Å². The highest BCUT2D eigenvalue weighted by atomic mass is 16.2. The molecule has 1 heterocycles. The highest BCUT2D eigenvalue weighted by molar-refractivity contribution is 6.09. The minimum Gasteiger partial charge on any atom is -0.378 e. The van der Waals surface area contributed by atoms with Gasteiger partial charge in [-0.25, -0.2) is 4.79 Å². The predicted molar refractivity (Wildman–Crippen MR) is 117 cm³/mol. The van der Waals surface area contributed by atoms with E-state index in [1.54, 1.807) is 0 Å². The summed E-state index contributed by atoms with van der Waals surface area (Å²) in [5, 5.41) is 7.99. The largest absolute Gasteiger partial charge is 0.378 e. The third-order valence-electron chi connectivity index (χ3n) is 5.15. The van der Waals surface area contributed by atoms with Crippen molar-refractivity contribution in [1.82, 2.24) is 10.3 Å². The van der Waals surface area contributed by atoms with Crippen LogP contribution in [0.3, 0.4) is 0 Å². The Balaban J connectivity index is 1.70. The van der Waals surface area contributed by atoms with Gasteiger partial charge >= 0.3 is 6.03 Å². The molecule has 0 radical (unpaired) electrons. The molecule has 4 rings (SSSR count). The Bertz CT molecular complexity index is 1040. The zero-order chi connectivity index (χ0) is 21.1. The Labute approximate surface area is 175 Å². The number of anilines is 1. The molecule has 6 heteroatoms. The third kappa shape index (κ3) is 3.33. The van der Waals surface area contributed by atoms with Gasteiger partial charge in [-0.3, -0.25) is 4.79 Å². The van der Waals surface area contributed by atoms with Crippen LogP contribution in [0.25, 0.3) is 0 Å². The fraction of sp³-hybridized carbons (Fsp3) is 0.125. The van der Waals surface area contributed by atoms with E-state index in [-0.39, 0.29) is 0 Å².